The Balaban J connectivity index is 1.41. The normalized spacial score (nSPS) is 23.5. The van der Waals surface area contributed by atoms with Crippen LogP contribution in [0.1, 0.15) is 30.0 Å². The molecule has 7 nitrogen and oxygen atoms in total. The number of rotatable bonds is 5. The number of nitrogens with zero attached hydrogens (tertiary/aromatic N) is 3. The van der Waals surface area contributed by atoms with Crippen LogP contribution in [0, 0.1) is 5.92 Å². The van der Waals surface area contributed by atoms with Gasteiger partial charge in [-0.3, -0.25) is 14.4 Å². The molecule has 144 valence electrons. The van der Waals surface area contributed by atoms with Gasteiger partial charge in [0.15, 0.2) is 0 Å². The molecule has 1 fully saturated rings. The molecule has 2 N–H and O–H groups in total. The summed E-state index contributed by atoms with van der Waals surface area (Å²) >= 11 is 0. The van der Waals surface area contributed by atoms with Crippen LogP contribution in [0.5, 0.6) is 5.75 Å². The molecule has 1 unspecified atom stereocenters. The Morgan fingerprint density at radius 1 is 1.41 bits per heavy atom. The molecule has 0 saturated heterocycles. The second kappa shape index (κ2) is 7.70. The fraction of sp³-hybridized carbons (Fsp3) is 0.500. The van der Waals surface area contributed by atoms with Crippen molar-refractivity contribution in [2.75, 3.05) is 19.7 Å². The lowest BCUT2D eigenvalue weighted by atomic mass is 9.75. The second-order valence-electron chi connectivity index (χ2n) is 7.54. The number of aliphatic hydroxyl groups excluding tert-OH is 1. The Kier molecular flexibility index (Phi) is 5.13. The first kappa shape index (κ1) is 18.0. The van der Waals surface area contributed by atoms with Crippen molar-refractivity contribution < 1.29 is 14.6 Å². The molecule has 2 heterocycles. The number of aliphatic hydroxyl groups is 1. The van der Waals surface area contributed by atoms with Crippen LogP contribution in [0.25, 0.3) is 0 Å². The number of carbonyl (C=O) groups excluding carboxylic acids is 1. The molecule has 1 amide bonds. The topological polar surface area (TPSA) is 79.6 Å². The number of para-hydroxylation sites is 1. The van der Waals surface area contributed by atoms with E-state index in [0.717, 1.165) is 16.9 Å². The van der Waals surface area contributed by atoms with E-state index in [-0.39, 0.29) is 24.0 Å². The summed E-state index contributed by atoms with van der Waals surface area (Å²) in [6, 6.07) is 7.86. The molecule has 1 aromatic heterocycles. The summed E-state index contributed by atoms with van der Waals surface area (Å²) in [5, 5.41) is 17.1. The third-order valence-electron chi connectivity index (χ3n) is 5.42. The first-order valence-electron chi connectivity index (χ1n) is 9.47. The van der Waals surface area contributed by atoms with Crippen LogP contribution in [-0.2, 0) is 18.4 Å². The Bertz CT molecular complexity index is 800. The average Bonchev–Trinajstić information content (AvgIpc) is 2.94. The molecule has 1 aliphatic heterocycles. The summed E-state index contributed by atoms with van der Waals surface area (Å²) in [5.41, 5.74) is 2.10. The predicted octanol–water partition coefficient (Wildman–Crippen LogP) is 1.24. The van der Waals surface area contributed by atoms with E-state index in [1.54, 1.807) is 10.9 Å². The van der Waals surface area contributed by atoms with Crippen molar-refractivity contribution in [3.8, 4) is 5.75 Å². The summed E-state index contributed by atoms with van der Waals surface area (Å²) in [6.07, 6.45) is 4.90. The van der Waals surface area contributed by atoms with Crippen molar-refractivity contribution in [1.29, 1.82) is 0 Å². The highest BCUT2D eigenvalue weighted by molar-refractivity contribution is 5.78. The lowest BCUT2D eigenvalue weighted by Gasteiger charge is -2.38. The van der Waals surface area contributed by atoms with Gasteiger partial charge in [-0.25, -0.2) is 0 Å². The largest absolute Gasteiger partial charge is 0.492 e. The van der Waals surface area contributed by atoms with Gasteiger partial charge in [0.25, 0.3) is 0 Å². The molecule has 27 heavy (non-hydrogen) atoms. The first-order valence-corrected chi connectivity index (χ1v) is 9.47. The van der Waals surface area contributed by atoms with E-state index in [2.05, 4.69) is 15.3 Å². The van der Waals surface area contributed by atoms with Crippen LogP contribution >= 0.6 is 0 Å². The van der Waals surface area contributed by atoms with Crippen LogP contribution in [0.2, 0.25) is 0 Å². The van der Waals surface area contributed by atoms with Crippen molar-refractivity contribution in [1.82, 2.24) is 20.0 Å². The summed E-state index contributed by atoms with van der Waals surface area (Å²) in [5.74, 6) is 1.14. The molecule has 2 aliphatic rings. The summed E-state index contributed by atoms with van der Waals surface area (Å²) in [7, 11) is 1.87. The Hall–Kier alpha value is -2.38. The van der Waals surface area contributed by atoms with E-state index < -0.39 is 0 Å². The lowest BCUT2D eigenvalue weighted by Crippen LogP contribution is -2.45. The van der Waals surface area contributed by atoms with Gasteiger partial charge in [-0.15, -0.1) is 0 Å². The van der Waals surface area contributed by atoms with Crippen LogP contribution in [0.15, 0.2) is 36.7 Å². The fourth-order valence-electron chi connectivity index (χ4n) is 3.91. The molecular weight excluding hydrogens is 344 g/mol. The zero-order valence-corrected chi connectivity index (χ0v) is 15.5. The lowest BCUT2D eigenvalue weighted by molar-refractivity contribution is -0.124. The van der Waals surface area contributed by atoms with Crippen molar-refractivity contribution >= 4 is 5.91 Å². The first-order chi connectivity index (χ1) is 13.1. The maximum absolute atomic E-state index is 12.8. The predicted molar refractivity (Wildman–Crippen MR) is 100 cm³/mol. The van der Waals surface area contributed by atoms with Gasteiger partial charge in [-0.2, -0.15) is 5.10 Å². The van der Waals surface area contributed by atoms with Crippen LogP contribution < -0.4 is 10.1 Å². The standard InChI is InChI=1S/C20H26N4O3/c1-23-11-16(10-21-23)20(15-8-17(25)9-15)22-19(26)13-24-6-7-27-18-5-3-2-4-14(18)12-24/h2-5,10-11,15,17,20,25H,6-9,12-13H2,1H3,(H,22,26). The van der Waals surface area contributed by atoms with Crippen LogP contribution in [0.3, 0.4) is 0 Å². The van der Waals surface area contributed by atoms with Crippen molar-refractivity contribution in [2.24, 2.45) is 13.0 Å². The number of aromatic nitrogens is 2. The highest BCUT2D eigenvalue weighted by Gasteiger charge is 2.36. The zero-order chi connectivity index (χ0) is 18.8. The molecule has 4 rings (SSSR count). The number of carbonyl (C=O) groups is 1. The smallest absolute Gasteiger partial charge is 0.234 e. The van der Waals surface area contributed by atoms with Crippen molar-refractivity contribution in [3.63, 3.8) is 0 Å². The number of hydrogen-bond acceptors (Lipinski definition) is 5. The Morgan fingerprint density at radius 2 is 2.22 bits per heavy atom. The van der Waals surface area contributed by atoms with Gasteiger partial charge in [-0.05, 0) is 24.8 Å². The number of amides is 1. The number of fused-ring (bicyclic) bond motifs is 1. The second-order valence-corrected chi connectivity index (χ2v) is 7.54. The van der Waals surface area contributed by atoms with E-state index in [4.69, 9.17) is 4.74 Å². The molecule has 7 heteroatoms. The summed E-state index contributed by atoms with van der Waals surface area (Å²) < 4.78 is 7.52. The van der Waals surface area contributed by atoms with E-state index in [9.17, 15) is 9.90 Å². The zero-order valence-electron chi connectivity index (χ0n) is 15.5. The molecule has 0 bridgehead atoms. The van der Waals surface area contributed by atoms with E-state index >= 15 is 0 Å². The number of benzene rings is 1. The maximum atomic E-state index is 12.8. The van der Waals surface area contributed by atoms with Crippen molar-refractivity contribution in [3.05, 3.63) is 47.8 Å². The van der Waals surface area contributed by atoms with Crippen LogP contribution in [0.4, 0.5) is 0 Å². The van der Waals surface area contributed by atoms with Gasteiger partial charge in [0.1, 0.15) is 12.4 Å². The number of nitrogens with one attached hydrogen (secondary N) is 1. The number of hydrogen-bond donors (Lipinski definition) is 2. The molecule has 2 aromatic rings. The fourth-order valence-corrected chi connectivity index (χ4v) is 3.91. The highest BCUT2D eigenvalue weighted by atomic mass is 16.5. The number of aryl methyl sites for hydroxylation is 1. The van der Waals surface area contributed by atoms with E-state index in [1.807, 2.05) is 37.5 Å². The van der Waals surface area contributed by atoms with Gasteiger partial charge in [0, 0.05) is 37.5 Å². The molecular formula is C20H26N4O3. The molecule has 1 aromatic carbocycles. The Labute approximate surface area is 158 Å². The highest BCUT2D eigenvalue weighted by Crippen LogP contribution is 2.38. The van der Waals surface area contributed by atoms with Gasteiger partial charge in [0.2, 0.25) is 5.91 Å². The minimum Gasteiger partial charge on any atom is -0.492 e. The summed E-state index contributed by atoms with van der Waals surface area (Å²) in [4.78, 5) is 14.9. The average molecular weight is 370 g/mol. The van der Waals surface area contributed by atoms with E-state index in [1.165, 1.54) is 0 Å². The monoisotopic (exact) mass is 370 g/mol. The Morgan fingerprint density at radius 3 is 2.96 bits per heavy atom. The minimum atomic E-state index is -0.259. The number of ether oxygens (including phenoxy) is 1. The van der Waals surface area contributed by atoms with Gasteiger partial charge in [-0.1, -0.05) is 18.2 Å². The molecule has 1 aliphatic carbocycles. The van der Waals surface area contributed by atoms with Gasteiger partial charge >= 0.3 is 0 Å². The molecule has 0 radical (unpaired) electrons. The van der Waals surface area contributed by atoms with Gasteiger partial charge < -0.3 is 15.2 Å². The quantitative estimate of drug-likeness (QED) is 0.828. The third kappa shape index (κ3) is 4.14. The SMILES string of the molecule is Cn1cc(C(NC(=O)CN2CCOc3ccccc3C2)C2CC(O)C2)cn1. The molecule has 1 atom stereocenters. The van der Waals surface area contributed by atoms with Gasteiger partial charge in [0.05, 0.1) is 24.9 Å². The third-order valence-corrected chi connectivity index (χ3v) is 5.42. The summed E-state index contributed by atoms with van der Waals surface area (Å²) in [6.45, 7) is 2.31. The molecule has 0 spiro atoms. The molecule has 1 saturated carbocycles. The van der Waals surface area contributed by atoms with E-state index in [0.29, 0.717) is 39.1 Å². The van der Waals surface area contributed by atoms with Crippen molar-refractivity contribution in [2.45, 2.75) is 31.5 Å². The van der Waals surface area contributed by atoms with Crippen LogP contribution in [-0.4, -0.2) is 51.5 Å². The minimum absolute atomic E-state index is 0.00961. The maximum Gasteiger partial charge on any atom is 0.234 e.